The highest BCUT2D eigenvalue weighted by atomic mass is 19.4. The van der Waals surface area contributed by atoms with Gasteiger partial charge in [0.1, 0.15) is 17.1 Å². The van der Waals surface area contributed by atoms with Gasteiger partial charge in [-0.2, -0.15) is 4.98 Å². The van der Waals surface area contributed by atoms with Gasteiger partial charge in [-0.25, -0.2) is 9.97 Å². The number of alkyl halides is 3. The summed E-state index contributed by atoms with van der Waals surface area (Å²) in [4.78, 5) is 15.5. The average Bonchev–Trinajstić information content (AvgIpc) is 3.05. The lowest BCUT2D eigenvalue weighted by Gasteiger charge is -2.26. The summed E-state index contributed by atoms with van der Waals surface area (Å²) in [5, 5.41) is 0. The molecule has 3 heterocycles. The largest absolute Gasteiger partial charge is 0.573 e. The second-order valence-corrected chi connectivity index (χ2v) is 6.47. The molecule has 10 heteroatoms. The maximum atomic E-state index is 12.5. The minimum Gasteiger partial charge on any atom is -0.406 e. The summed E-state index contributed by atoms with van der Waals surface area (Å²) in [6, 6.07) is 4.47. The van der Waals surface area contributed by atoms with Crippen LogP contribution in [0.3, 0.4) is 0 Å². The van der Waals surface area contributed by atoms with Crippen molar-refractivity contribution in [2.75, 3.05) is 31.2 Å². The van der Waals surface area contributed by atoms with Gasteiger partial charge < -0.3 is 14.4 Å². The van der Waals surface area contributed by atoms with Crippen molar-refractivity contribution in [2.24, 2.45) is 0 Å². The maximum Gasteiger partial charge on any atom is 0.573 e. The van der Waals surface area contributed by atoms with Gasteiger partial charge in [-0.05, 0) is 37.6 Å². The molecular formula is C20H24F3N5O2. The summed E-state index contributed by atoms with van der Waals surface area (Å²) in [6.07, 6.45) is -3.07. The van der Waals surface area contributed by atoms with Crippen molar-refractivity contribution in [1.29, 1.82) is 0 Å². The fourth-order valence-electron chi connectivity index (χ4n) is 3.22. The predicted octanol–water partition coefficient (Wildman–Crippen LogP) is 4.19. The molecule has 1 aliphatic heterocycles. The Morgan fingerprint density at radius 2 is 1.77 bits per heavy atom. The smallest absolute Gasteiger partial charge is 0.406 e. The van der Waals surface area contributed by atoms with E-state index in [4.69, 9.17) is 4.74 Å². The van der Waals surface area contributed by atoms with Gasteiger partial charge in [0.05, 0.1) is 19.4 Å². The molecule has 1 aromatic carbocycles. The third-order valence-electron chi connectivity index (χ3n) is 4.49. The highest BCUT2D eigenvalue weighted by Crippen LogP contribution is 2.29. The Balaban J connectivity index is 0.00000124. The number of hydrogen-bond donors (Lipinski definition) is 0. The zero-order chi connectivity index (χ0) is 21.9. The number of imidazole rings is 1. The van der Waals surface area contributed by atoms with Gasteiger partial charge in [-0.3, -0.25) is 4.57 Å². The standard InChI is InChI=1S/C18H18F3N5O2.C2H6/c1-11-9-13(3-4-15(11)28-18(19,20)21)26-12(2)23-14-10-22-17(24-16(14)26)25-5-7-27-8-6-25;1-2/h3-4,9-10H,5-8H2,1-2H3;1-2H3. The van der Waals surface area contributed by atoms with E-state index in [1.165, 1.54) is 6.07 Å². The van der Waals surface area contributed by atoms with Crippen LogP contribution in [0.1, 0.15) is 25.2 Å². The molecule has 0 N–H and O–H groups in total. The molecule has 0 saturated carbocycles. The first-order valence-electron chi connectivity index (χ1n) is 9.73. The molecule has 4 rings (SSSR count). The molecule has 3 aromatic rings. The first-order valence-corrected chi connectivity index (χ1v) is 9.73. The molecule has 0 spiro atoms. The van der Waals surface area contributed by atoms with Crippen LogP contribution in [0.25, 0.3) is 16.9 Å². The van der Waals surface area contributed by atoms with Gasteiger partial charge >= 0.3 is 6.36 Å². The molecule has 7 nitrogen and oxygen atoms in total. The van der Waals surface area contributed by atoms with Crippen LogP contribution in [0.2, 0.25) is 0 Å². The number of rotatable bonds is 3. The number of morpholine rings is 1. The van der Waals surface area contributed by atoms with Crippen LogP contribution in [-0.2, 0) is 4.74 Å². The topological polar surface area (TPSA) is 65.3 Å². The van der Waals surface area contributed by atoms with Gasteiger partial charge in [-0.15, -0.1) is 13.2 Å². The summed E-state index contributed by atoms with van der Waals surface area (Å²) < 4.78 is 48.8. The quantitative estimate of drug-likeness (QED) is 0.629. The number of ether oxygens (including phenoxy) is 2. The Hall–Kier alpha value is -2.88. The lowest BCUT2D eigenvalue weighted by molar-refractivity contribution is -0.274. The zero-order valence-corrected chi connectivity index (χ0v) is 17.3. The molecule has 30 heavy (non-hydrogen) atoms. The van der Waals surface area contributed by atoms with E-state index in [0.717, 1.165) is 0 Å². The molecule has 2 aromatic heterocycles. The predicted molar refractivity (Wildman–Crippen MR) is 107 cm³/mol. The number of fused-ring (bicyclic) bond motifs is 1. The lowest BCUT2D eigenvalue weighted by Crippen LogP contribution is -2.37. The van der Waals surface area contributed by atoms with E-state index in [-0.39, 0.29) is 5.75 Å². The summed E-state index contributed by atoms with van der Waals surface area (Å²) >= 11 is 0. The van der Waals surface area contributed by atoms with Crippen LogP contribution in [0, 0.1) is 13.8 Å². The second-order valence-electron chi connectivity index (χ2n) is 6.47. The number of halogens is 3. The number of aryl methyl sites for hydroxylation is 2. The second kappa shape index (κ2) is 8.86. The fraction of sp³-hybridized carbons (Fsp3) is 0.450. The molecule has 0 atom stereocenters. The number of anilines is 1. The summed E-state index contributed by atoms with van der Waals surface area (Å²) in [6.45, 7) is 9.99. The highest BCUT2D eigenvalue weighted by Gasteiger charge is 2.31. The van der Waals surface area contributed by atoms with Crippen LogP contribution in [0.15, 0.2) is 24.4 Å². The van der Waals surface area contributed by atoms with Crippen molar-refractivity contribution < 1.29 is 22.6 Å². The van der Waals surface area contributed by atoms with Crippen LogP contribution in [0.5, 0.6) is 5.75 Å². The maximum absolute atomic E-state index is 12.5. The number of nitrogens with zero attached hydrogens (tertiary/aromatic N) is 5. The van der Waals surface area contributed by atoms with Gasteiger partial charge in [0.25, 0.3) is 0 Å². The van der Waals surface area contributed by atoms with Crippen LogP contribution in [-0.4, -0.2) is 52.2 Å². The Bertz CT molecular complexity index is 1010. The first kappa shape index (κ1) is 21.8. The van der Waals surface area contributed by atoms with E-state index in [0.29, 0.717) is 60.5 Å². The van der Waals surface area contributed by atoms with Crippen LogP contribution < -0.4 is 9.64 Å². The minimum atomic E-state index is -4.73. The molecule has 1 aliphatic rings. The van der Waals surface area contributed by atoms with E-state index in [1.807, 2.05) is 25.7 Å². The average molecular weight is 423 g/mol. The lowest BCUT2D eigenvalue weighted by atomic mass is 10.2. The molecule has 0 radical (unpaired) electrons. The van der Waals surface area contributed by atoms with E-state index >= 15 is 0 Å². The third-order valence-corrected chi connectivity index (χ3v) is 4.49. The minimum absolute atomic E-state index is 0.234. The van der Waals surface area contributed by atoms with Gasteiger partial charge in [0.2, 0.25) is 5.95 Å². The SMILES string of the molecule is CC.Cc1cc(-n2c(C)nc3cnc(N4CCOCC4)nc32)ccc1OC(F)(F)F. The van der Waals surface area contributed by atoms with Gasteiger partial charge in [0, 0.05) is 18.8 Å². The molecule has 162 valence electrons. The van der Waals surface area contributed by atoms with E-state index < -0.39 is 6.36 Å². The molecule has 1 saturated heterocycles. The number of benzene rings is 1. The number of hydrogen-bond acceptors (Lipinski definition) is 6. The zero-order valence-electron chi connectivity index (χ0n) is 17.3. The third kappa shape index (κ3) is 4.64. The molecule has 0 amide bonds. The van der Waals surface area contributed by atoms with Crippen molar-refractivity contribution in [2.45, 2.75) is 34.1 Å². The fourth-order valence-corrected chi connectivity index (χ4v) is 3.22. The first-order chi connectivity index (χ1) is 14.3. The Morgan fingerprint density at radius 3 is 2.40 bits per heavy atom. The summed E-state index contributed by atoms with van der Waals surface area (Å²) in [5.41, 5.74) is 2.22. The Kier molecular flexibility index (Phi) is 6.45. The molecule has 0 aliphatic carbocycles. The summed E-state index contributed by atoms with van der Waals surface area (Å²) in [5.74, 6) is 1.000. The van der Waals surface area contributed by atoms with Crippen molar-refractivity contribution in [3.63, 3.8) is 0 Å². The Morgan fingerprint density at radius 1 is 1.07 bits per heavy atom. The van der Waals surface area contributed by atoms with Crippen molar-refractivity contribution in [1.82, 2.24) is 19.5 Å². The molecule has 0 bridgehead atoms. The van der Waals surface area contributed by atoms with Crippen LogP contribution >= 0.6 is 0 Å². The van der Waals surface area contributed by atoms with Gasteiger partial charge in [-0.1, -0.05) is 13.8 Å². The monoisotopic (exact) mass is 423 g/mol. The molecule has 0 unspecified atom stereocenters. The van der Waals surface area contributed by atoms with Crippen LogP contribution in [0.4, 0.5) is 19.1 Å². The number of aromatic nitrogens is 4. The molecule has 1 fully saturated rings. The summed E-state index contributed by atoms with van der Waals surface area (Å²) in [7, 11) is 0. The molecular weight excluding hydrogens is 399 g/mol. The van der Waals surface area contributed by atoms with Crippen molar-refractivity contribution in [3.8, 4) is 11.4 Å². The normalized spacial score (nSPS) is 14.4. The van der Waals surface area contributed by atoms with Gasteiger partial charge in [0.15, 0.2) is 5.65 Å². The Labute approximate surface area is 172 Å². The highest BCUT2D eigenvalue weighted by molar-refractivity contribution is 5.74. The van der Waals surface area contributed by atoms with Crippen molar-refractivity contribution in [3.05, 3.63) is 35.8 Å². The van der Waals surface area contributed by atoms with Crippen molar-refractivity contribution >= 4 is 17.1 Å². The van der Waals surface area contributed by atoms with E-state index in [1.54, 1.807) is 29.8 Å². The van der Waals surface area contributed by atoms with E-state index in [9.17, 15) is 13.2 Å². The van der Waals surface area contributed by atoms with E-state index in [2.05, 4.69) is 19.7 Å².